The molecule has 2 aliphatic heterocycles. The summed E-state index contributed by atoms with van der Waals surface area (Å²) in [5.41, 5.74) is 0.684. The lowest BCUT2D eigenvalue weighted by molar-refractivity contribution is -0.136. The van der Waals surface area contributed by atoms with Crippen LogP contribution in [0.15, 0.2) is 24.3 Å². The van der Waals surface area contributed by atoms with Gasteiger partial charge in [0, 0.05) is 19.6 Å². The third kappa shape index (κ3) is 7.02. The van der Waals surface area contributed by atoms with Crippen molar-refractivity contribution in [1.29, 1.82) is 0 Å². The molecule has 2 saturated heterocycles. The number of aliphatic hydroxyl groups is 1. The summed E-state index contributed by atoms with van der Waals surface area (Å²) in [5.74, 6) is -0.643. The molecule has 0 saturated carbocycles. The van der Waals surface area contributed by atoms with Crippen molar-refractivity contribution in [2.24, 2.45) is 0 Å². The van der Waals surface area contributed by atoms with Crippen LogP contribution in [0.3, 0.4) is 0 Å². The van der Waals surface area contributed by atoms with Gasteiger partial charge in [-0.25, -0.2) is 4.39 Å². The van der Waals surface area contributed by atoms with Crippen molar-refractivity contribution in [3.63, 3.8) is 0 Å². The van der Waals surface area contributed by atoms with Gasteiger partial charge in [-0.3, -0.25) is 14.5 Å². The Morgan fingerprint density at radius 1 is 1.20 bits per heavy atom. The normalized spacial score (nSPS) is 24.9. The Hall–Kier alpha value is -2.07. The number of morpholine rings is 1. The molecular formula is C21H30FN3O5. The molecule has 2 amide bonds. The Bertz CT molecular complexity index is 714. The third-order valence-electron chi connectivity index (χ3n) is 5.40. The molecule has 0 spiro atoms. The molecule has 1 aromatic rings. The van der Waals surface area contributed by atoms with Gasteiger partial charge in [-0.05, 0) is 30.5 Å². The van der Waals surface area contributed by atoms with Gasteiger partial charge in [0.25, 0.3) is 0 Å². The molecule has 3 atom stereocenters. The number of halogens is 1. The topological polar surface area (TPSA) is 100 Å². The van der Waals surface area contributed by atoms with E-state index in [0.717, 1.165) is 13.1 Å². The summed E-state index contributed by atoms with van der Waals surface area (Å²) in [6.45, 7) is 3.01. The minimum absolute atomic E-state index is 0.102. The Kier molecular flexibility index (Phi) is 8.56. The summed E-state index contributed by atoms with van der Waals surface area (Å²) in [5, 5.41) is 15.4. The van der Waals surface area contributed by atoms with Crippen molar-refractivity contribution < 1.29 is 28.6 Å². The SMILES string of the molecule is O=C(C[C@H]1CC[C@H](NC(=O)CN2CCOCC2)[C@@H](CO)O1)NCc1cccc(F)c1. The first-order chi connectivity index (χ1) is 14.5. The van der Waals surface area contributed by atoms with Crippen molar-refractivity contribution in [2.75, 3.05) is 39.5 Å². The van der Waals surface area contributed by atoms with Crippen LogP contribution in [0, 0.1) is 5.82 Å². The van der Waals surface area contributed by atoms with Gasteiger partial charge >= 0.3 is 0 Å². The van der Waals surface area contributed by atoms with E-state index in [4.69, 9.17) is 9.47 Å². The maximum atomic E-state index is 13.2. The van der Waals surface area contributed by atoms with Crippen LogP contribution in [0.2, 0.25) is 0 Å². The number of aliphatic hydroxyl groups excluding tert-OH is 1. The van der Waals surface area contributed by atoms with Crippen molar-refractivity contribution in [1.82, 2.24) is 15.5 Å². The molecule has 30 heavy (non-hydrogen) atoms. The van der Waals surface area contributed by atoms with Crippen LogP contribution < -0.4 is 10.6 Å². The zero-order valence-corrected chi connectivity index (χ0v) is 17.0. The number of nitrogens with zero attached hydrogens (tertiary/aromatic N) is 1. The van der Waals surface area contributed by atoms with E-state index in [2.05, 4.69) is 10.6 Å². The summed E-state index contributed by atoms with van der Waals surface area (Å²) in [7, 11) is 0. The highest BCUT2D eigenvalue weighted by Gasteiger charge is 2.33. The minimum atomic E-state index is -0.548. The predicted molar refractivity (Wildman–Crippen MR) is 107 cm³/mol. The monoisotopic (exact) mass is 423 g/mol. The molecule has 0 aromatic heterocycles. The van der Waals surface area contributed by atoms with Gasteiger partial charge in [-0.2, -0.15) is 0 Å². The highest BCUT2D eigenvalue weighted by molar-refractivity contribution is 5.78. The lowest BCUT2D eigenvalue weighted by atomic mass is 9.97. The highest BCUT2D eigenvalue weighted by atomic mass is 19.1. The van der Waals surface area contributed by atoms with Gasteiger partial charge in [0.15, 0.2) is 0 Å². The van der Waals surface area contributed by atoms with Gasteiger partial charge < -0.3 is 25.2 Å². The van der Waals surface area contributed by atoms with E-state index in [-0.39, 0.29) is 49.3 Å². The molecule has 2 heterocycles. The molecule has 0 aliphatic carbocycles. The molecule has 1 aromatic carbocycles. The standard InChI is InChI=1S/C21H30FN3O5/c22-16-3-1-2-15(10-16)12-23-20(27)11-17-4-5-18(19(14-26)30-17)24-21(28)13-25-6-8-29-9-7-25/h1-3,10,17-19,26H,4-9,11-14H2,(H,23,27)(H,24,28)/t17-,18+,19-/m1/s1. The number of nitrogens with one attached hydrogen (secondary N) is 2. The van der Waals surface area contributed by atoms with Crippen molar-refractivity contribution in [3.8, 4) is 0 Å². The molecule has 3 rings (SSSR count). The molecule has 166 valence electrons. The first-order valence-corrected chi connectivity index (χ1v) is 10.4. The van der Waals surface area contributed by atoms with E-state index in [9.17, 15) is 19.1 Å². The van der Waals surface area contributed by atoms with Crippen molar-refractivity contribution in [3.05, 3.63) is 35.6 Å². The average molecular weight is 423 g/mol. The molecule has 8 nitrogen and oxygen atoms in total. The number of rotatable bonds is 8. The molecule has 0 unspecified atom stereocenters. The van der Waals surface area contributed by atoms with Crippen LogP contribution in [0.1, 0.15) is 24.8 Å². The number of hydrogen-bond donors (Lipinski definition) is 3. The largest absolute Gasteiger partial charge is 0.394 e. The van der Waals surface area contributed by atoms with E-state index in [0.29, 0.717) is 38.2 Å². The summed E-state index contributed by atoms with van der Waals surface area (Å²) in [4.78, 5) is 26.6. The second-order valence-electron chi connectivity index (χ2n) is 7.73. The van der Waals surface area contributed by atoms with Gasteiger partial charge in [0.2, 0.25) is 11.8 Å². The molecule has 2 fully saturated rings. The maximum Gasteiger partial charge on any atom is 0.234 e. The second kappa shape index (κ2) is 11.4. The fourth-order valence-electron chi connectivity index (χ4n) is 3.79. The fraction of sp³-hybridized carbons (Fsp3) is 0.619. The number of ether oxygens (including phenoxy) is 2. The number of carbonyl (C=O) groups is 2. The first kappa shape index (κ1) is 22.6. The predicted octanol–water partition coefficient (Wildman–Crippen LogP) is 0.189. The van der Waals surface area contributed by atoms with Crippen LogP contribution in [0.25, 0.3) is 0 Å². The molecule has 0 bridgehead atoms. The number of benzene rings is 1. The summed E-state index contributed by atoms with van der Waals surface area (Å²) in [6, 6.07) is 5.79. The van der Waals surface area contributed by atoms with Crippen LogP contribution in [0.4, 0.5) is 4.39 Å². The van der Waals surface area contributed by atoms with Gasteiger partial charge in [-0.1, -0.05) is 12.1 Å². The first-order valence-electron chi connectivity index (χ1n) is 10.4. The smallest absolute Gasteiger partial charge is 0.234 e. The van der Waals surface area contributed by atoms with Gasteiger partial charge in [0.1, 0.15) is 11.9 Å². The third-order valence-corrected chi connectivity index (χ3v) is 5.40. The lowest BCUT2D eigenvalue weighted by Crippen LogP contribution is -2.53. The van der Waals surface area contributed by atoms with E-state index in [1.807, 2.05) is 4.90 Å². The average Bonchev–Trinajstić information content (AvgIpc) is 2.74. The zero-order chi connectivity index (χ0) is 21.3. The zero-order valence-electron chi connectivity index (χ0n) is 17.0. The molecule has 9 heteroatoms. The van der Waals surface area contributed by atoms with Crippen molar-refractivity contribution in [2.45, 2.75) is 44.1 Å². The van der Waals surface area contributed by atoms with E-state index >= 15 is 0 Å². The number of amides is 2. The minimum Gasteiger partial charge on any atom is -0.394 e. The Morgan fingerprint density at radius 3 is 2.73 bits per heavy atom. The lowest BCUT2D eigenvalue weighted by Gasteiger charge is -2.36. The Labute approximate surface area is 175 Å². The number of hydrogen-bond acceptors (Lipinski definition) is 6. The van der Waals surface area contributed by atoms with Crippen molar-refractivity contribution >= 4 is 11.8 Å². The van der Waals surface area contributed by atoms with E-state index in [1.165, 1.54) is 12.1 Å². The van der Waals surface area contributed by atoms with Gasteiger partial charge in [0.05, 0.1) is 44.9 Å². The van der Waals surface area contributed by atoms with Crippen LogP contribution in [-0.2, 0) is 25.6 Å². The fourth-order valence-corrected chi connectivity index (χ4v) is 3.79. The van der Waals surface area contributed by atoms with E-state index in [1.54, 1.807) is 12.1 Å². The second-order valence-corrected chi connectivity index (χ2v) is 7.73. The summed E-state index contributed by atoms with van der Waals surface area (Å²) in [6.07, 6.45) is 0.504. The van der Waals surface area contributed by atoms with Gasteiger partial charge in [-0.15, -0.1) is 0 Å². The quantitative estimate of drug-likeness (QED) is 0.552. The Balaban J connectivity index is 1.40. The van der Waals surface area contributed by atoms with E-state index < -0.39 is 6.10 Å². The molecular weight excluding hydrogens is 393 g/mol. The number of carbonyl (C=O) groups excluding carboxylic acids is 2. The molecule has 2 aliphatic rings. The summed E-state index contributed by atoms with van der Waals surface area (Å²) >= 11 is 0. The molecule has 3 N–H and O–H groups in total. The van der Waals surface area contributed by atoms with Crippen LogP contribution >= 0.6 is 0 Å². The highest BCUT2D eigenvalue weighted by Crippen LogP contribution is 2.22. The summed E-state index contributed by atoms with van der Waals surface area (Å²) < 4.78 is 24.4. The molecule has 0 radical (unpaired) electrons. The Morgan fingerprint density at radius 2 is 2.00 bits per heavy atom. The maximum absolute atomic E-state index is 13.2. The van der Waals surface area contributed by atoms with Crippen LogP contribution in [0.5, 0.6) is 0 Å². The van der Waals surface area contributed by atoms with Crippen LogP contribution in [-0.4, -0.2) is 79.5 Å².